The van der Waals surface area contributed by atoms with Gasteiger partial charge in [-0.25, -0.2) is 0 Å². The van der Waals surface area contributed by atoms with E-state index >= 15 is 0 Å². The highest BCUT2D eigenvalue weighted by atomic mass is 32.1. The van der Waals surface area contributed by atoms with E-state index < -0.39 is 101 Å². The van der Waals surface area contributed by atoms with Gasteiger partial charge in [0.2, 0.25) is 0 Å². The average Bonchev–Trinajstić information content (AvgIpc) is 3.74. The third kappa shape index (κ3) is 5.74. The van der Waals surface area contributed by atoms with E-state index in [9.17, 15) is 4.11 Å². The Balaban J connectivity index is 1.24. The molecule has 0 N–H and O–H groups in total. The fraction of sp³-hybridized carbons (Fsp3) is 0. The molecular formula is C52H35NS. The van der Waals surface area contributed by atoms with Crippen LogP contribution in [-0.4, -0.2) is 0 Å². The second-order valence-electron chi connectivity index (χ2n) is 12.7. The van der Waals surface area contributed by atoms with Crippen LogP contribution in [0.4, 0.5) is 17.1 Å². The Morgan fingerprint density at radius 2 is 0.981 bits per heavy atom. The van der Waals surface area contributed by atoms with Crippen LogP contribution in [0.3, 0.4) is 0 Å². The van der Waals surface area contributed by atoms with Gasteiger partial charge in [-0.15, -0.1) is 11.3 Å². The first-order valence-corrected chi connectivity index (χ1v) is 18.2. The van der Waals surface area contributed by atoms with E-state index in [1.54, 1.807) is 4.90 Å². The molecule has 0 unspecified atom stereocenters. The van der Waals surface area contributed by atoms with Gasteiger partial charge in [-0.1, -0.05) is 176 Å². The van der Waals surface area contributed by atoms with Crippen LogP contribution in [0.5, 0.6) is 0 Å². The van der Waals surface area contributed by atoms with Crippen molar-refractivity contribution in [2.45, 2.75) is 0 Å². The molecule has 10 aromatic rings. The molecule has 0 amide bonds. The fourth-order valence-electron chi connectivity index (χ4n) is 7.05. The third-order valence-corrected chi connectivity index (χ3v) is 10.8. The lowest BCUT2D eigenvalue weighted by molar-refractivity contribution is 1.30. The van der Waals surface area contributed by atoms with Crippen LogP contribution >= 0.6 is 11.3 Å². The standard InChI is InChI=1S/C52H35NS/c1-3-13-38(14-4-1)46-34-33-43(35-49(46)40-15-5-2-6-16-40)53(50-23-12-22-48-47-20-9-10-24-51(47)54-52(48)50)42-31-29-37(30-32-42)36-25-27-41(28-26-36)45-21-11-18-39-17-7-8-19-44(39)45/h1-35H/i1D,2D,3D,4D,5D,6D,13D,14D,15D,16D,33D,34D,35D. The molecule has 1 heterocycles. The summed E-state index contributed by atoms with van der Waals surface area (Å²) in [6.45, 7) is 0. The van der Waals surface area contributed by atoms with Gasteiger partial charge in [0, 0.05) is 26.8 Å². The SMILES string of the molecule is [2H]c1c([2H])c([2H])c(-c2c([2H])c([2H])c(N(c3ccc(-c4ccc(-c5cccc6ccccc56)cc4)cc3)c3cccc4c3sc3ccccc34)c([2H])c2-c2c([2H])c([2H])c([2H])c([2H])c2[2H])c([2H])c1[2H]. The number of hydrogen-bond donors (Lipinski definition) is 0. The van der Waals surface area contributed by atoms with Crippen molar-refractivity contribution in [1.82, 2.24) is 0 Å². The summed E-state index contributed by atoms with van der Waals surface area (Å²) in [5.74, 6) is 0. The minimum atomic E-state index is -0.745. The van der Waals surface area contributed by atoms with E-state index in [0.717, 1.165) is 53.2 Å². The van der Waals surface area contributed by atoms with Crippen LogP contribution in [0, 0.1) is 0 Å². The minimum Gasteiger partial charge on any atom is -0.309 e. The second-order valence-corrected chi connectivity index (χ2v) is 13.8. The Morgan fingerprint density at radius 1 is 0.389 bits per heavy atom. The predicted octanol–water partition coefficient (Wildman–Crippen LogP) is 15.3. The van der Waals surface area contributed by atoms with E-state index in [1.165, 1.54) is 11.3 Å². The molecule has 54 heavy (non-hydrogen) atoms. The molecular weight excluding hydrogens is 671 g/mol. The normalized spacial score (nSPS) is 14.7. The molecule has 0 spiro atoms. The first-order valence-electron chi connectivity index (χ1n) is 23.9. The number of fused-ring (bicyclic) bond motifs is 4. The zero-order chi connectivity index (χ0) is 47.2. The number of anilines is 3. The summed E-state index contributed by atoms with van der Waals surface area (Å²) >= 11 is 1.49. The molecule has 0 aliphatic rings. The maximum Gasteiger partial charge on any atom is 0.0652 e. The first kappa shape index (κ1) is 21.1. The van der Waals surface area contributed by atoms with Gasteiger partial charge in [-0.2, -0.15) is 0 Å². The van der Waals surface area contributed by atoms with Crippen molar-refractivity contribution < 1.29 is 17.8 Å². The molecule has 0 aliphatic heterocycles. The van der Waals surface area contributed by atoms with E-state index in [0.29, 0.717) is 11.4 Å². The van der Waals surface area contributed by atoms with Gasteiger partial charge in [-0.3, -0.25) is 0 Å². The molecule has 254 valence electrons. The number of thiophene rings is 1. The summed E-state index contributed by atoms with van der Waals surface area (Å²) < 4.78 is 118. The van der Waals surface area contributed by atoms with E-state index in [2.05, 4.69) is 36.4 Å². The maximum atomic E-state index is 10.1. The highest BCUT2D eigenvalue weighted by Crippen LogP contribution is 2.46. The number of nitrogens with zero attached hydrogens (tertiary/aromatic N) is 1. The monoisotopic (exact) mass is 718 g/mol. The lowest BCUT2D eigenvalue weighted by atomic mass is 9.93. The summed E-state index contributed by atoms with van der Waals surface area (Å²) in [5, 5.41) is 4.15. The molecule has 1 nitrogen and oxygen atoms in total. The van der Waals surface area contributed by atoms with Crippen LogP contribution in [0.15, 0.2) is 212 Å². The lowest BCUT2D eigenvalue weighted by Crippen LogP contribution is -2.10. The van der Waals surface area contributed by atoms with Gasteiger partial charge in [0.1, 0.15) is 0 Å². The molecule has 0 fully saturated rings. The summed E-state index contributed by atoms with van der Waals surface area (Å²) in [6.07, 6.45) is 0. The molecule has 0 radical (unpaired) electrons. The van der Waals surface area contributed by atoms with Crippen molar-refractivity contribution in [2.24, 2.45) is 0 Å². The van der Waals surface area contributed by atoms with Crippen molar-refractivity contribution in [3.63, 3.8) is 0 Å². The first-order chi connectivity index (χ1) is 32.2. The summed E-state index contributed by atoms with van der Waals surface area (Å²) in [6, 6.07) is 34.6. The second kappa shape index (κ2) is 13.7. The Labute approximate surface area is 337 Å². The molecule has 1 aromatic heterocycles. The van der Waals surface area contributed by atoms with Gasteiger partial charge >= 0.3 is 0 Å². The molecule has 10 rings (SSSR count). The van der Waals surface area contributed by atoms with Crippen LogP contribution in [0.2, 0.25) is 0 Å². The van der Waals surface area contributed by atoms with Gasteiger partial charge in [0.05, 0.1) is 28.2 Å². The van der Waals surface area contributed by atoms with Gasteiger partial charge in [0.25, 0.3) is 0 Å². The number of hydrogen-bond acceptors (Lipinski definition) is 2. The molecule has 0 saturated carbocycles. The van der Waals surface area contributed by atoms with Crippen molar-refractivity contribution in [2.75, 3.05) is 4.90 Å². The number of rotatable bonds is 7. The van der Waals surface area contributed by atoms with Crippen LogP contribution in [0.1, 0.15) is 17.8 Å². The van der Waals surface area contributed by atoms with Crippen LogP contribution in [0.25, 0.3) is 75.5 Å². The minimum absolute atomic E-state index is 0.194. The van der Waals surface area contributed by atoms with Gasteiger partial charge in [-0.05, 0) is 91.6 Å². The zero-order valence-electron chi connectivity index (χ0n) is 41.6. The Morgan fingerprint density at radius 3 is 1.74 bits per heavy atom. The highest BCUT2D eigenvalue weighted by Gasteiger charge is 2.20. The molecule has 0 aliphatic carbocycles. The predicted molar refractivity (Wildman–Crippen MR) is 233 cm³/mol. The van der Waals surface area contributed by atoms with Crippen LogP contribution < -0.4 is 4.90 Å². The lowest BCUT2D eigenvalue weighted by Gasteiger charge is -2.27. The summed E-state index contributed by atoms with van der Waals surface area (Å²) in [5.41, 5.74) is 2.73. The van der Waals surface area contributed by atoms with Crippen molar-refractivity contribution in [3.05, 3.63) is 212 Å². The largest absolute Gasteiger partial charge is 0.309 e. The smallest absolute Gasteiger partial charge is 0.0652 e. The van der Waals surface area contributed by atoms with Crippen LogP contribution in [-0.2, 0) is 0 Å². The quantitative estimate of drug-likeness (QED) is 0.159. The third-order valence-electron chi connectivity index (χ3n) is 9.59. The van der Waals surface area contributed by atoms with Crippen molar-refractivity contribution in [3.8, 4) is 44.5 Å². The summed E-state index contributed by atoms with van der Waals surface area (Å²) in [7, 11) is 0. The van der Waals surface area contributed by atoms with Crippen molar-refractivity contribution >= 4 is 59.3 Å². The fourth-order valence-corrected chi connectivity index (χ4v) is 8.26. The van der Waals surface area contributed by atoms with Crippen molar-refractivity contribution in [1.29, 1.82) is 0 Å². The summed E-state index contributed by atoms with van der Waals surface area (Å²) in [4.78, 5) is 1.65. The highest BCUT2D eigenvalue weighted by molar-refractivity contribution is 7.26. The molecule has 0 saturated heterocycles. The Kier molecular flexibility index (Phi) is 5.34. The van der Waals surface area contributed by atoms with Gasteiger partial charge in [0.15, 0.2) is 0 Å². The topological polar surface area (TPSA) is 3.24 Å². The average molecular weight is 719 g/mol. The zero-order valence-corrected chi connectivity index (χ0v) is 29.4. The van der Waals surface area contributed by atoms with E-state index in [-0.39, 0.29) is 5.69 Å². The molecule has 0 atom stereocenters. The molecule has 0 bridgehead atoms. The van der Waals surface area contributed by atoms with Gasteiger partial charge < -0.3 is 4.90 Å². The molecule has 9 aromatic carbocycles. The maximum absolute atomic E-state index is 10.1. The Bertz CT molecular complexity index is 3620. The molecule has 2 heteroatoms. The Hall–Kier alpha value is -6.74. The van der Waals surface area contributed by atoms with E-state index in [1.807, 2.05) is 97.1 Å². The van der Waals surface area contributed by atoms with E-state index in [4.69, 9.17) is 13.7 Å². The number of benzene rings is 9.